The van der Waals surface area contributed by atoms with Crippen LogP contribution >= 0.6 is 0 Å². The zero-order valence-electron chi connectivity index (χ0n) is 11.9. The molecule has 0 saturated carbocycles. The molecule has 0 fully saturated rings. The Bertz CT molecular complexity index is 554. The zero-order chi connectivity index (χ0) is 13.8. The predicted molar refractivity (Wildman–Crippen MR) is 83.5 cm³/mol. The highest BCUT2D eigenvalue weighted by Crippen LogP contribution is 2.25. The summed E-state index contributed by atoms with van der Waals surface area (Å²) in [6, 6.07) is 17.5. The molecule has 1 aliphatic carbocycles. The van der Waals surface area contributed by atoms with E-state index in [1.54, 1.807) is 0 Å². The third kappa shape index (κ3) is 2.96. The average molecular weight is 267 g/mol. The molecule has 1 N–H and O–H groups in total. The van der Waals surface area contributed by atoms with Crippen LogP contribution in [0, 0.1) is 0 Å². The van der Waals surface area contributed by atoms with Gasteiger partial charge < -0.3 is 10.1 Å². The molecule has 2 aromatic rings. The maximum Gasteiger partial charge on any atom is 0.121 e. The molecule has 0 unspecified atom stereocenters. The summed E-state index contributed by atoms with van der Waals surface area (Å²) in [5, 5.41) is 3.62. The van der Waals surface area contributed by atoms with Crippen molar-refractivity contribution in [1.82, 2.24) is 0 Å². The molecule has 0 aromatic heterocycles. The Hall–Kier alpha value is -1.96. The summed E-state index contributed by atoms with van der Waals surface area (Å²) in [5.41, 5.74) is 4.10. The molecular weight excluding hydrogens is 246 g/mol. The second-order valence-electron chi connectivity index (χ2n) is 5.39. The molecule has 2 heteroatoms. The fraction of sp³-hybridized carbons (Fsp3) is 0.333. The first-order chi connectivity index (χ1) is 9.85. The maximum absolute atomic E-state index is 5.68. The van der Waals surface area contributed by atoms with E-state index in [9.17, 15) is 0 Å². The summed E-state index contributed by atoms with van der Waals surface area (Å²) in [6.07, 6.45) is 3.25. The van der Waals surface area contributed by atoms with Crippen molar-refractivity contribution in [3.8, 4) is 5.75 Å². The molecule has 1 aliphatic rings. The van der Waals surface area contributed by atoms with E-state index in [0.717, 1.165) is 37.3 Å². The van der Waals surface area contributed by atoms with Crippen LogP contribution in [0.3, 0.4) is 0 Å². The number of hydrogen-bond acceptors (Lipinski definition) is 2. The summed E-state index contributed by atoms with van der Waals surface area (Å²) in [6.45, 7) is 2.90. The highest BCUT2D eigenvalue weighted by Gasteiger charge is 2.20. The smallest absolute Gasteiger partial charge is 0.121 e. The Labute approximate surface area is 120 Å². The van der Waals surface area contributed by atoms with Crippen molar-refractivity contribution in [1.29, 1.82) is 0 Å². The van der Waals surface area contributed by atoms with Gasteiger partial charge in [-0.05, 0) is 42.5 Å². The Morgan fingerprint density at radius 2 is 1.80 bits per heavy atom. The van der Waals surface area contributed by atoms with E-state index < -0.39 is 0 Å². The molecule has 0 bridgehead atoms. The quantitative estimate of drug-likeness (QED) is 0.882. The molecule has 0 saturated heterocycles. The van der Waals surface area contributed by atoms with Gasteiger partial charge in [-0.3, -0.25) is 0 Å². The van der Waals surface area contributed by atoms with Crippen LogP contribution in [-0.4, -0.2) is 12.6 Å². The highest BCUT2D eigenvalue weighted by molar-refractivity contribution is 5.50. The van der Waals surface area contributed by atoms with Crippen LogP contribution in [0.5, 0.6) is 5.75 Å². The fourth-order valence-electron chi connectivity index (χ4n) is 2.79. The zero-order valence-corrected chi connectivity index (χ0v) is 11.9. The first-order valence-corrected chi connectivity index (χ1v) is 7.41. The molecule has 104 valence electrons. The number of ether oxygens (including phenoxy) is 1. The minimum Gasteiger partial charge on any atom is -0.494 e. The van der Waals surface area contributed by atoms with Crippen molar-refractivity contribution in [3.63, 3.8) is 0 Å². The lowest BCUT2D eigenvalue weighted by molar-refractivity contribution is 0.317. The van der Waals surface area contributed by atoms with Crippen LogP contribution in [0.4, 0.5) is 5.69 Å². The number of fused-ring (bicyclic) bond motifs is 1. The van der Waals surface area contributed by atoms with Gasteiger partial charge in [-0.15, -0.1) is 0 Å². The molecule has 20 heavy (non-hydrogen) atoms. The molecule has 2 aromatic carbocycles. The fourth-order valence-corrected chi connectivity index (χ4v) is 2.79. The summed E-state index contributed by atoms with van der Waals surface area (Å²) >= 11 is 0. The topological polar surface area (TPSA) is 21.3 Å². The van der Waals surface area contributed by atoms with Gasteiger partial charge in [0, 0.05) is 17.8 Å². The molecule has 0 amide bonds. The molecular formula is C18H21NO. The van der Waals surface area contributed by atoms with Crippen LogP contribution in [-0.2, 0) is 12.8 Å². The Morgan fingerprint density at radius 3 is 2.50 bits per heavy atom. The van der Waals surface area contributed by atoms with Crippen LogP contribution < -0.4 is 10.1 Å². The van der Waals surface area contributed by atoms with E-state index in [2.05, 4.69) is 54.7 Å². The second-order valence-corrected chi connectivity index (χ2v) is 5.39. The largest absolute Gasteiger partial charge is 0.494 e. The van der Waals surface area contributed by atoms with Gasteiger partial charge in [0.05, 0.1) is 6.61 Å². The summed E-state index contributed by atoms with van der Waals surface area (Å²) in [7, 11) is 0. The van der Waals surface area contributed by atoms with E-state index >= 15 is 0 Å². The predicted octanol–water partition coefficient (Wildman–Crippen LogP) is 4.05. The van der Waals surface area contributed by atoms with Crippen molar-refractivity contribution < 1.29 is 4.74 Å². The van der Waals surface area contributed by atoms with Gasteiger partial charge in [-0.1, -0.05) is 37.3 Å². The van der Waals surface area contributed by atoms with E-state index in [0.29, 0.717) is 6.04 Å². The van der Waals surface area contributed by atoms with E-state index in [-0.39, 0.29) is 0 Å². The van der Waals surface area contributed by atoms with Crippen LogP contribution in [0.25, 0.3) is 0 Å². The number of nitrogens with one attached hydrogen (secondary N) is 1. The monoisotopic (exact) mass is 267 g/mol. The van der Waals surface area contributed by atoms with E-state index in [4.69, 9.17) is 4.74 Å². The third-order valence-corrected chi connectivity index (χ3v) is 3.73. The van der Waals surface area contributed by atoms with Crippen LogP contribution in [0.1, 0.15) is 24.5 Å². The van der Waals surface area contributed by atoms with Crippen LogP contribution in [0.15, 0.2) is 48.5 Å². The average Bonchev–Trinajstić information content (AvgIpc) is 2.87. The normalized spacial score (nSPS) is 14.1. The Balaban J connectivity index is 1.64. The summed E-state index contributed by atoms with van der Waals surface area (Å²) in [5.74, 6) is 0.951. The molecule has 0 atom stereocenters. The lowest BCUT2D eigenvalue weighted by Gasteiger charge is -2.14. The second kappa shape index (κ2) is 6.00. The summed E-state index contributed by atoms with van der Waals surface area (Å²) in [4.78, 5) is 0. The Morgan fingerprint density at radius 1 is 1.05 bits per heavy atom. The van der Waals surface area contributed by atoms with Gasteiger partial charge >= 0.3 is 0 Å². The molecule has 0 heterocycles. The van der Waals surface area contributed by atoms with Gasteiger partial charge in [0.25, 0.3) is 0 Å². The third-order valence-electron chi connectivity index (χ3n) is 3.73. The number of rotatable bonds is 5. The lowest BCUT2D eigenvalue weighted by Crippen LogP contribution is -2.19. The van der Waals surface area contributed by atoms with Gasteiger partial charge in [-0.2, -0.15) is 0 Å². The van der Waals surface area contributed by atoms with Gasteiger partial charge in [-0.25, -0.2) is 0 Å². The van der Waals surface area contributed by atoms with Crippen molar-refractivity contribution in [2.45, 2.75) is 32.2 Å². The van der Waals surface area contributed by atoms with E-state index in [1.807, 2.05) is 6.07 Å². The molecule has 3 rings (SSSR count). The maximum atomic E-state index is 5.68. The van der Waals surface area contributed by atoms with Gasteiger partial charge in [0.15, 0.2) is 0 Å². The van der Waals surface area contributed by atoms with Crippen molar-refractivity contribution in [2.24, 2.45) is 0 Å². The lowest BCUT2D eigenvalue weighted by atomic mass is 10.1. The van der Waals surface area contributed by atoms with Crippen molar-refractivity contribution in [3.05, 3.63) is 59.7 Å². The molecule has 0 radical (unpaired) electrons. The first-order valence-electron chi connectivity index (χ1n) is 7.41. The molecule has 2 nitrogen and oxygen atoms in total. The molecule has 0 aliphatic heterocycles. The summed E-state index contributed by atoms with van der Waals surface area (Å²) < 4.78 is 5.68. The van der Waals surface area contributed by atoms with Crippen molar-refractivity contribution in [2.75, 3.05) is 11.9 Å². The number of anilines is 1. The minimum atomic E-state index is 0.494. The van der Waals surface area contributed by atoms with E-state index in [1.165, 1.54) is 11.1 Å². The first kappa shape index (κ1) is 13.0. The number of benzene rings is 2. The Kier molecular flexibility index (Phi) is 3.91. The highest BCUT2D eigenvalue weighted by atomic mass is 16.5. The standard InChI is InChI=1S/C18H21NO/c1-2-10-20-18-9-5-8-16(13-18)19-17-11-14-6-3-4-7-15(14)12-17/h3-9,13,17,19H,2,10-12H2,1H3. The molecule has 0 spiro atoms. The van der Waals surface area contributed by atoms with Gasteiger partial charge in [0.1, 0.15) is 5.75 Å². The van der Waals surface area contributed by atoms with Gasteiger partial charge in [0.2, 0.25) is 0 Å². The van der Waals surface area contributed by atoms with Crippen LogP contribution in [0.2, 0.25) is 0 Å². The minimum absolute atomic E-state index is 0.494. The van der Waals surface area contributed by atoms with Crippen molar-refractivity contribution >= 4 is 5.69 Å². The SMILES string of the molecule is CCCOc1cccc(NC2Cc3ccccc3C2)c1. The number of hydrogen-bond donors (Lipinski definition) is 1.